The van der Waals surface area contributed by atoms with Gasteiger partial charge in [0.15, 0.2) is 0 Å². The molecule has 9 aromatic carbocycles. The molecule has 0 saturated heterocycles. The number of hydrogen-bond donors (Lipinski definition) is 0. The number of fused-ring (bicyclic) bond motifs is 6. The second kappa shape index (κ2) is 13.8. The zero-order chi connectivity index (χ0) is 37.7. The molecule has 2 nitrogen and oxygen atoms in total. The molecule has 11 aromatic rings. The average Bonchev–Trinajstić information content (AvgIpc) is 3.83. The van der Waals surface area contributed by atoms with Crippen LogP contribution in [0, 0.1) is 0 Å². The summed E-state index contributed by atoms with van der Waals surface area (Å²) in [6.45, 7) is 0. The molecular formula is C54H36N2S. The van der Waals surface area contributed by atoms with E-state index < -0.39 is 0 Å². The Hall–Kier alpha value is -7.20. The van der Waals surface area contributed by atoms with Crippen LogP contribution in [-0.2, 0) is 0 Å². The number of aromatic nitrogens is 1. The topological polar surface area (TPSA) is 8.17 Å². The zero-order valence-corrected chi connectivity index (χ0v) is 31.9. The molecule has 0 aliphatic heterocycles. The molecule has 0 amide bonds. The minimum Gasteiger partial charge on any atom is -0.311 e. The first-order valence-corrected chi connectivity index (χ1v) is 20.2. The molecule has 0 aliphatic rings. The maximum atomic E-state index is 2.37. The molecule has 0 N–H and O–H groups in total. The van der Waals surface area contributed by atoms with Crippen LogP contribution in [0.3, 0.4) is 0 Å². The summed E-state index contributed by atoms with van der Waals surface area (Å²) in [6, 6.07) is 79.3. The van der Waals surface area contributed by atoms with E-state index >= 15 is 0 Å². The Labute approximate surface area is 335 Å². The van der Waals surface area contributed by atoms with E-state index in [0.29, 0.717) is 0 Å². The van der Waals surface area contributed by atoms with Gasteiger partial charge in [0.25, 0.3) is 0 Å². The van der Waals surface area contributed by atoms with Crippen LogP contribution in [0.5, 0.6) is 0 Å². The van der Waals surface area contributed by atoms with Gasteiger partial charge >= 0.3 is 0 Å². The minimum atomic E-state index is 1.10. The van der Waals surface area contributed by atoms with Crippen molar-refractivity contribution in [1.82, 2.24) is 4.57 Å². The highest BCUT2D eigenvalue weighted by molar-refractivity contribution is 7.25. The first-order valence-electron chi connectivity index (χ1n) is 19.4. The van der Waals surface area contributed by atoms with Crippen LogP contribution in [0.4, 0.5) is 17.1 Å². The first-order chi connectivity index (χ1) is 28.2. The van der Waals surface area contributed by atoms with Crippen LogP contribution in [-0.4, -0.2) is 4.57 Å². The summed E-state index contributed by atoms with van der Waals surface area (Å²) in [6.07, 6.45) is 0. The van der Waals surface area contributed by atoms with Crippen molar-refractivity contribution in [3.05, 3.63) is 218 Å². The number of benzene rings is 9. The van der Waals surface area contributed by atoms with Gasteiger partial charge in [-0.05, 0) is 112 Å². The number of hydrogen-bond acceptors (Lipinski definition) is 2. The van der Waals surface area contributed by atoms with Crippen LogP contribution in [0.25, 0.3) is 81.0 Å². The summed E-state index contributed by atoms with van der Waals surface area (Å²) >= 11 is 1.86. The van der Waals surface area contributed by atoms with E-state index in [1.807, 2.05) is 11.3 Å². The summed E-state index contributed by atoms with van der Waals surface area (Å²) < 4.78 is 5.02. The normalized spacial score (nSPS) is 11.5. The molecule has 0 atom stereocenters. The van der Waals surface area contributed by atoms with Gasteiger partial charge in [-0.15, -0.1) is 11.3 Å². The van der Waals surface area contributed by atoms with Gasteiger partial charge in [0.2, 0.25) is 0 Å². The van der Waals surface area contributed by atoms with Crippen molar-refractivity contribution in [3.8, 4) is 39.1 Å². The molecule has 0 unspecified atom stereocenters. The molecule has 0 radical (unpaired) electrons. The van der Waals surface area contributed by atoms with Gasteiger partial charge in [-0.25, -0.2) is 0 Å². The Kier molecular flexibility index (Phi) is 8.04. The van der Waals surface area contributed by atoms with E-state index in [2.05, 4.69) is 228 Å². The Morgan fingerprint density at radius 3 is 1.28 bits per heavy atom. The highest BCUT2D eigenvalue weighted by atomic mass is 32.1. The van der Waals surface area contributed by atoms with E-state index in [1.54, 1.807) is 0 Å². The van der Waals surface area contributed by atoms with Crippen molar-refractivity contribution >= 4 is 70.4 Å². The molecule has 11 rings (SSSR count). The van der Waals surface area contributed by atoms with Crippen LogP contribution < -0.4 is 4.90 Å². The number of anilines is 3. The predicted molar refractivity (Wildman–Crippen MR) is 245 cm³/mol. The second-order valence-electron chi connectivity index (χ2n) is 14.6. The fourth-order valence-electron chi connectivity index (χ4n) is 8.40. The van der Waals surface area contributed by atoms with Crippen LogP contribution in [0.15, 0.2) is 218 Å². The lowest BCUT2D eigenvalue weighted by Crippen LogP contribution is -2.10. The quantitative estimate of drug-likeness (QED) is 0.158. The summed E-state index contributed by atoms with van der Waals surface area (Å²) in [4.78, 5) is 2.36. The van der Waals surface area contributed by atoms with E-state index in [4.69, 9.17) is 0 Å². The van der Waals surface area contributed by atoms with E-state index in [0.717, 1.165) is 22.7 Å². The first kappa shape index (κ1) is 33.2. The molecule has 57 heavy (non-hydrogen) atoms. The highest BCUT2D eigenvalue weighted by Crippen LogP contribution is 2.40. The van der Waals surface area contributed by atoms with Crippen molar-refractivity contribution in [3.63, 3.8) is 0 Å². The molecule has 268 valence electrons. The third-order valence-electron chi connectivity index (χ3n) is 11.2. The van der Waals surface area contributed by atoms with Gasteiger partial charge in [0.05, 0.1) is 11.0 Å². The van der Waals surface area contributed by atoms with E-state index in [1.165, 1.54) is 75.4 Å². The van der Waals surface area contributed by atoms with Gasteiger partial charge in [-0.2, -0.15) is 0 Å². The lowest BCUT2D eigenvalue weighted by Gasteiger charge is -2.26. The smallest absolute Gasteiger partial charge is 0.0541 e. The minimum absolute atomic E-state index is 1.10. The number of rotatable bonds is 7. The Balaban J connectivity index is 0.972. The Morgan fingerprint density at radius 1 is 0.298 bits per heavy atom. The van der Waals surface area contributed by atoms with Crippen molar-refractivity contribution in [1.29, 1.82) is 0 Å². The summed E-state index contributed by atoms with van der Waals surface area (Å²) in [7, 11) is 0. The highest BCUT2D eigenvalue weighted by Gasteiger charge is 2.16. The SMILES string of the molecule is c1ccc(-c2ccc(-c3ccc(N(c4ccc(-c5ccc6sc7ccccc7c6c5)cc4)c4ccc(-n5c6ccccc6c6ccccc65)cc4)cc3)cc2)cc1. The molecule has 0 spiro atoms. The second-order valence-corrected chi connectivity index (χ2v) is 15.7. The molecule has 0 aliphatic carbocycles. The summed E-state index contributed by atoms with van der Waals surface area (Å²) in [5.74, 6) is 0. The van der Waals surface area contributed by atoms with Crippen LogP contribution >= 0.6 is 11.3 Å². The van der Waals surface area contributed by atoms with Crippen molar-refractivity contribution in [2.45, 2.75) is 0 Å². The average molecular weight is 745 g/mol. The third kappa shape index (κ3) is 5.88. The van der Waals surface area contributed by atoms with Crippen LogP contribution in [0.1, 0.15) is 0 Å². The van der Waals surface area contributed by atoms with Gasteiger partial charge < -0.3 is 9.47 Å². The third-order valence-corrected chi connectivity index (χ3v) is 12.4. The van der Waals surface area contributed by atoms with E-state index in [9.17, 15) is 0 Å². The van der Waals surface area contributed by atoms with Gasteiger partial charge in [-0.1, -0.05) is 140 Å². The maximum Gasteiger partial charge on any atom is 0.0541 e. The number of thiophene rings is 1. The molecule has 0 saturated carbocycles. The predicted octanol–water partition coefficient (Wildman–Crippen LogP) is 15.6. The number of nitrogens with zero attached hydrogens (tertiary/aromatic N) is 2. The standard InChI is InChI=1S/C54H36N2S/c1-2-10-37(11-3-1)38-18-20-39(21-19-38)40-22-27-43(28-23-40)55(44-29-24-41(25-30-44)42-26-35-54-50(36-42)49-14-6-9-17-53(49)57-54)45-31-33-46(34-32-45)56-51-15-7-4-12-47(51)48-13-5-8-16-52(48)56/h1-36H. The molecular weight excluding hydrogens is 709 g/mol. The van der Waals surface area contributed by atoms with Gasteiger partial charge in [-0.3, -0.25) is 0 Å². The summed E-state index contributed by atoms with van der Waals surface area (Å²) in [5, 5.41) is 5.17. The lowest BCUT2D eigenvalue weighted by molar-refractivity contribution is 1.17. The molecule has 2 heterocycles. The Morgan fingerprint density at radius 2 is 0.702 bits per heavy atom. The fourth-order valence-corrected chi connectivity index (χ4v) is 9.48. The van der Waals surface area contributed by atoms with Gasteiger partial charge in [0, 0.05) is 53.7 Å². The molecule has 0 bridgehead atoms. The van der Waals surface area contributed by atoms with E-state index in [-0.39, 0.29) is 0 Å². The largest absolute Gasteiger partial charge is 0.311 e. The Bertz CT molecular complexity index is 3140. The van der Waals surface area contributed by atoms with Crippen molar-refractivity contribution < 1.29 is 0 Å². The summed E-state index contributed by atoms with van der Waals surface area (Å²) in [5.41, 5.74) is 14.1. The molecule has 0 fully saturated rings. The van der Waals surface area contributed by atoms with Crippen molar-refractivity contribution in [2.24, 2.45) is 0 Å². The molecule has 3 heteroatoms. The maximum absolute atomic E-state index is 2.37. The van der Waals surface area contributed by atoms with Crippen LogP contribution in [0.2, 0.25) is 0 Å². The fraction of sp³-hybridized carbons (Fsp3) is 0. The van der Waals surface area contributed by atoms with Gasteiger partial charge in [0.1, 0.15) is 0 Å². The zero-order valence-electron chi connectivity index (χ0n) is 31.1. The molecule has 2 aromatic heterocycles. The van der Waals surface area contributed by atoms with Crippen molar-refractivity contribution in [2.75, 3.05) is 4.90 Å². The lowest BCUT2D eigenvalue weighted by atomic mass is 10.00. The number of para-hydroxylation sites is 2. The monoisotopic (exact) mass is 744 g/mol.